The summed E-state index contributed by atoms with van der Waals surface area (Å²) in [5.41, 5.74) is 2.97. The second kappa shape index (κ2) is 12.3. The molecule has 0 atom stereocenters. The van der Waals surface area contributed by atoms with E-state index in [0.29, 0.717) is 37.3 Å². The average molecular weight is 636 g/mol. The van der Waals surface area contributed by atoms with Gasteiger partial charge in [-0.1, -0.05) is 47.0 Å². The Morgan fingerprint density at radius 2 is 1.84 bits per heavy atom. The lowest BCUT2D eigenvalue weighted by Gasteiger charge is -2.14. The Kier molecular flexibility index (Phi) is 9.04. The van der Waals surface area contributed by atoms with Gasteiger partial charge in [-0.15, -0.1) is 0 Å². The van der Waals surface area contributed by atoms with Crippen LogP contribution in [0.2, 0.25) is 10.0 Å². The van der Waals surface area contributed by atoms with E-state index in [1.165, 1.54) is 7.11 Å². The standard InChI is InChI=1S/C27H21BrCl2N2O5S/c1-15-3-7-19(8-4-15)31-24(33)13-32-26(34)23(38-27(32)35)11-16-9-20(28)25(22(10-16)36-2)37-14-17-5-6-18(29)12-21(17)30/h3-12H,13-14H2,1-2H3,(H,31,33)/b23-11+. The van der Waals surface area contributed by atoms with E-state index < -0.39 is 17.1 Å². The summed E-state index contributed by atoms with van der Waals surface area (Å²) in [6, 6.07) is 15.8. The second-order valence-corrected chi connectivity index (χ2v) is 10.9. The number of benzene rings is 3. The number of nitrogens with one attached hydrogen (secondary N) is 1. The molecule has 0 saturated carbocycles. The molecule has 1 N–H and O–H groups in total. The number of methoxy groups -OCH3 is 1. The molecular weight excluding hydrogens is 615 g/mol. The van der Waals surface area contributed by atoms with E-state index in [1.807, 2.05) is 19.1 Å². The molecule has 1 aliphatic heterocycles. The highest BCUT2D eigenvalue weighted by Crippen LogP contribution is 2.40. The Hall–Kier alpha value is -2.98. The molecule has 1 fully saturated rings. The van der Waals surface area contributed by atoms with E-state index in [-0.39, 0.29) is 18.1 Å². The zero-order valence-electron chi connectivity index (χ0n) is 20.2. The highest BCUT2D eigenvalue weighted by Gasteiger charge is 2.36. The van der Waals surface area contributed by atoms with Crippen molar-refractivity contribution in [2.45, 2.75) is 13.5 Å². The molecule has 0 aliphatic carbocycles. The normalized spacial score (nSPS) is 14.2. The molecule has 0 aromatic heterocycles. The minimum Gasteiger partial charge on any atom is -0.493 e. The predicted molar refractivity (Wildman–Crippen MR) is 154 cm³/mol. The van der Waals surface area contributed by atoms with Crippen LogP contribution in [-0.2, 0) is 16.2 Å². The molecule has 4 rings (SSSR count). The highest BCUT2D eigenvalue weighted by molar-refractivity contribution is 9.10. The number of hydrogen-bond acceptors (Lipinski definition) is 6. The summed E-state index contributed by atoms with van der Waals surface area (Å²) in [4.78, 5) is 39.0. The molecule has 7 nitrogen and oxygen atoms in total. The Balaban J connectivity index is 1.47. The molecule has 0 radical (unpaired) electrons. The van der Waals surface area contributed by atoms with Gasteiger partial charge in [0.05, 0.1) is 16.5 Å². The molecule has 0 bridgehead atoms. The number of aryl methyl sites for hydroxylation is 1. The molecule has 38 heavy (non-hydrogen) atoms. The summed E-state index contributed by atoms with van der Waals surface area (Å²) in [5.74, 6) is -0.167. The number of rotatable bonds is 8. The van der Waals surface area contributed by atoms with Gasteiger partial charge in [0.2, 0.25) is 5.91 Å². The summed E-state index contributed by atoms with van der Waals surface area (Å²) in [7, 11) is 1.49. The van der Waals surface area contributed by atoms with Crippen molar-refractivity contribution < 1.29 is 23.9 Å². The summed E-state index contributed by atoms with van der Waals surface area (Å²) < 4.78 is 12.0. The quantitative estimate of drug-likeness (QED) is 0.261. The van der Waals surface area contributed by atoms with E-state index in [9.17, 15) is 14.4 Å². The van der Waals surface area contributed by atoms with E-state index in [1.54, 1.807) is 48.5 Å². The molecule has 1 saturated heterocycles. The Labute approximate surface area is 242 Å². The maximum atomic E-state index is 12.9. The van der Waals surface area contributed by atoms with Gasteiger partial charge < -0.3 is 14.8 Å². The van der Waals surface area contributed by atoms with E-state index in [0.717, 1.165) is 27.8 Å². The third-order valence-corrected chi connectivity index (χ3v) is 7.53. The van der Waals surface area contributed by atoms with Crippen LogP contribution in [-0.4, -0.2) is 35.6 Å². The lowest BCUT2D eigenvalue weighted by molar-refractivity contribution is -0.127. The average Bonchev–Trinajstić information content (AvgIpc) is 3.12. The first-order valence-corrected chi connectivity index (χ1v) is 13.6. The van der Waals surface area contributed by atoms with Crippen molar-refractivity contribution >= 4 is 79.7 Å². The molecular formula is C27H21BrCl2N2O5S. The van der Waals surface area contributed by atoms with Crippen LogP contribution in [0.4, 0.5) is 10.5 Å². The van der Waals surface area contributed by atoms with Crippen LogP contribution in [0.1, 0.15) is 16.7 Å². The van der Waals surface area contributed by atoms with Crippen LogP contribution in [0.15, 0.2) is 64.0 Å². The number of amides is 3. The van der Waals surface area contributed by atoms with Crippen LogP contribution in [0.5, 0.6) is 11.5 Å². The molecule has 1 aliphatic rings. The number of thioether (sulfide) groups is 1. The van der Waals surface area contributed by atoms with Crippen molar-refractivity contribution in [3.63, 3.8) is 0 Å². The number of nitrogens with zero attached hydrogens (tertiary/aromatic N) is 1. The van der Waals surface area contributed by atoms with Crippen molar-refractivity contribution in [3.8, 4) is 11.5 Å². The molecule has 3 aromatic rings. The number of carbonyl (C=O) groups excluding carboxylic acids is 3. The number of imide groups is 1. The van der Waals surface area contributed by atoms with Crippen molar-refractivity contribution in [2.75, 3.05) is 19.0 Å². The second-order valence-electron chi connectivity index (χ2n) is 8.24. The maximum absolute atomic E-state index is 12.9. The third-order valence-electron chi connectivity index (χ3n) is 5.45. The van der Waals surface area contributed by atoms with Gasteiger partial charge in [-0.2, -0.15) is 0 Å². The number of carbonyl (C=O) groups is 3. The topological polar surface area (TPSA) is 84.9 Å². The van der Waals surface area contributed by atoms with Crippen LogP contribution in [0.3, 0.4) is 0 Å². The summed E-state index contributed by atoms with van der Waals surface area (Å²) in [6.07, 6.45) is 1.57. The minimum absolute atomic E-state index is 0.174. The monoisotopic (exact) mass is 634 g/mol. The fourth-order valence-electron chi connectivity index (χ4n) is 3.52. The Bertz CT molecular complexity index is 1450. The zero-order valence-corrected chi connectivity index (χ0v) is 24.1. The van der Waals surface area contributed by atoms with Crippen LogP contribution >= 0.6 is 50.9 Å². The number of halogens is 3. The van der Waals surface area contributed by atoms with Gasteiger partial charge >= 0.3 is 0 Å². The van der Waals surface area contributed by atoms with Gasteiger partial charge in [0.25, 0.3) is 11.1 Å². The molecule has 1 heterocycles. The van der Waals surface area contributed by atoms with Gasteiger partial charge in [-0.25, -0.2) is 0 Å². The van der Waals surface area contributed by atoms with Crippen molar-refractivity contribution in [3.05, 3.63) is 90.7 Å². The van der Waals surface area contributed by atoms with E-state index in [2.05, 4.69) is 21.2 Å². The zero-order chi connectivity index (χ0) is 27.4. The van der Waals surface area contributed by atoms with Gasteiger partial charge in [-0.3, -0.25) is 19.3 Å². The Morgan fingerprint density at radius 3 is 2.53 bits per heavy atom. The SMILES string of the molecule is COc1cc(/C=C2/SC(=O)N(CC(=O)Nc3ccc(C)cc3)C2=O)cc(Br)c1OCc1ccc(Cl)cc1Cl. The van der Waals surface area contributed by atoms with Gasteiger partial charge in [0, 0.05) is 21.3 Å². The van der Waals surface area contributed by atoms with E-state index >= 15 is 0 Å². The van der Waals surface area contributed by atoms with Gasteiger partial charge in [-0.05, 0) is 82.7 Å². The summed E-state index contributed by atoms with van der Waals surface area (Å²) in [5, 5.41) is 3.18. The lowest BCUT2D eigenvalue weighted by atomic mass is 10.1. The summed E-state index contributed by atoms with van der Waals surface area (Å²) in [6.45, 7) is 1.72. The number of hydrogen-bond donors (Lipinski definition) is 1. The first-order chi connectivity index (χ1) is 18.1. The van der Waals surface area contributed by atoms with E-state index in [4.69, 9.17) is 32.7 Å². The van der Waals surface area contributed by atoms with Crippen LogP contribution < -0.4 is 14.8 Å². The highest BCUT2D eigenvalue weighted by atomic mass is 79.9. The number of ether oxygens (including phenoxy) is 2. The smallest absolute Gasteiger partial charge is 0.294 e. The first-order valence-electron chi connectivity index (χ1n) is 11.2. The van der Waals surface area contributed by atoms with Crippen molar-refractivity contribution in [1.82, 2.24) is 4.90 Å². The molecule has 3 amide bonds. The fraction of sp³-hybridized carbons (Fsp3) is 0.148. The number of anilines is 1. The molecule has 11 heteroatoms. The van der Waals surface area contributed by atoms with Crippen molar-refractivity contribution in [2.24, 2.45) is 0 Å². The largest absolute Gasteiger partial charge is 0.493 e. The molecule has 196 valence electrons. The van der Waals surface area contributed by atoms with Gasteiger partial charge in [0.1, 0.15) is 13.2 Å². The van der Waals surface area contributed by atoms with Crippen molar-refractivity contribution in [1.29, 1.82) is 0 Å². The maximum Gasteiger partial charge on any atom is 0.294 e. The molecule has 3 aromatic carbocycles. The predicted octanol–water partition coefficient (Wildman–Crippen LogP) is 7.33. The first kappa shape index (κ1) is 28.0. The molecule has 0 unspecified atom stereocenters. The van der Waals surface area contributed by atoms with Crippen LogP contribution in [0, 0.1) is 6.92 Å². The van der Waals surface area contributed by atoms with Gasteiger partial charge in [0.15, 0.2) is 11.5 Å². The Morgan fingerprint density at radius 1 is 1.11 bits per heavy atom. The minimum atomic E-state index is -0.549. The summed E-state index contributed by atoms with van der Waals surface area (Å²) >= 11 is 16.5. The lowest BCUT2D eigenvalue weighted by Crippen LogP contribution is -2.36. The fourth-order valence-corrected chi connectivity index (χ4v) is 5.40. The van der Waals surface area contributed by atoms with Crippen LogP contribution in [0.25, 0.3) is 6.08 Å². The third kappa shape index (κ3) is 6.71. The molecule has 0 spiro atoms.